The molecule has 1 saturated heterocycles. The smallest absolute Gasteiger partial charge is 0.168 e. The van der Waals surface area contributed by atoms with Crippen molar-refractivity contribution in [2.24, 2.45) is 4.99 Å². The van der Waals surface area contributed by atoms with Gasteiger partial charge in [0.1, 0.15) is 5.76 Å². The predicted octanol–water partition coefficient (Wildman–Crippen LogP) is 4.33. The zero-order chi connectivity index (χ0) is 18.9. The van der Waals surface area contributed by atoms with Crippen molar-refractivity contribution >= 4 is 12.0 Å². The summed E-state index contributed by atoms with van der Waals surface area (Å²) in [6.07, 6.45) is 4.39. The number of carbonyl (C=O) groups is 1. The summed E-state index contributed by atoms with van der Waals surface area (Å²) in [5, 5.41) is 14.1. The minimum Gasteiger partial charge on any atom is -0.511 e. The average Bonchev–Trinajstić information content (AvgIpc) is 2.52. The SMILES string of the molecule is CC1(C)CC(N=CC2=C(O)CC(c3ccccc3)CC2=O)CC(C)(C)N1. The molecule has 26 heavy (non-hydrogen) atoms. The van der Waals surface area contributed by atoms with Gasteiger partial charge in [0.05, 0.1) is 11.6 Å². The minimum atomic E-state index is -0.0150. The summed E-state index contributed by atoms with van der Waals surface area (Å²) in [6, 6.07) is 10.1. The molecular formula is C22H30N2O2. The van der Waals surface area contributed by atoms with Crippen LogP contribution >= 0.6 is 0 Å². The molecule has 1 aromatic rings. The topological polar surface area (TPSA) is 61.7 Å². The fourth-order valence-electron chi connectivity index (χ4n) is 4.57. The van der Waals surface area contributed by atoms with Gasteiger partial charge in [-0.1, -0.05) is 30.3 Å². The second-order valence-corrected chi connectivity index (χ2v) is 9.03. The summed E-state index contributed by atoms with van der Waals surface area (Å²) in [6.45, 7) is 8.74. The summed E-state index contributed by atoms with van der Waals surface area (Å²) < 4.78 is 0. The normalized spacial score (nSPS) is 26.5. The van der Waals surface area contributed by atoms with E-state index in [-0.39, 0.29) is 34.6 Å². The van der Waals surface area contributed by atoms with Gasteiger partial charge in [0.15, 0.2) is 5.78 Å². The Morgan fingerprint density at radius 1 is 1.08 bits per heavy atom. The highest BCUT2D eigenvalue weighted by molar-refractivity contribution is 6.14. The van der Waals surface area contributed by atoms with Crippen molar-refractivity contribution in [1.29, 1.82) is 0 Å². The molecule has 0 aromatic heterocycles. The van der Waals surface area contributed by atoms with Gasteiger partial charge >= 0.3 is 0 Å². The van der Waals surface area contributed by atoms with Crippen LogP contribution in [0, 0.1) is 0 Å². The van der Waals surface area contributed by atoms with Crippen LogP contribution in [-0.2, 0) is 4.79 Å². The molecular weight excluding hydrogens is 324 g/mol. The largest absolute Gasteiger partial charge is 0.511 e. The van der Waals surface area contributed by atoms with Crippen molar-refractivity contribution in [1.82, 2.24) is 5.32 Å². The van der Waals surface area contributed by atoms with Gasteiger partial charge in [-0.2, -0.15) is 0 Å². The number of nitrogens with one attached hydrogen (secondary N) is 1. The van der Waals surface area contributed by atoms with Gasteiger partial charge in [-0.3, -0.25) is 9.79 Å². The molecule has 4 heteroatoms. The van der Waals surface area contributed by atoms with Crippen LogP contribution in [0.25, 0.3) is 0 Å². The van der Waals surface area contributed by atoms with Gasteiger partial charge in [-0.05, 0) is 52.0 Å². The molecule has 0 amide bonds. The molecule has 2 aliphatic rings. The molecule has 140 valence electrons. The molecule has 3 rings (SSSR count). The van der Waals surface area contributed by atoms with Crippen LogP contribution in [0.2, 0.25) is 0 Å². The number of nitrogens with zero attached hydrogens (tertiary/aromatic N) is 1. The molecule has 1 aliphatic heterocycles. The van der Waals surface area contributed by atoms with Crippen molar-refractivity contribution in [2.75, 3.05) is 0 Å². The van der Waals surface area contributed by atoms with E-state index in [2.05, 4.69) is 33.0 Å². The van der Waals surface area contributed by atoms with Gasteiger partial charge < -0.3 is 10.4 Å². The van der Waals surface area contributed by atoms with Crippen LogP contribution in [0.1, 0.15) is 64.9 Å². The Labute approximate surface area is 156 Å². The summed E-state index contributed by atoms with van der Waals surface area (Å²) in [7, 11) is 0. The first-order valence-electron chi connectivity index (χ1n) is 9.48. The highest BCUT2D eigenvalue weighted by atomic mass is 16.3. The fourth-order valence-corrected chi connectivity index (χ4v) is 4.57. The summed E-state index contributed by atoms with van der Waals surface area (Å²) >= 11 is 0. The molecule has 2 N–H and O–H groups in total. The summed E-state index contributed by atoms with van der Waals surface area (Å²) in [5.41, 5.74) is 1.51. The van der Waals surface area contributed by atoms with Crippen LogP contribution in [0.4, 0.5) is 0 Å². The maximum atomic E-state index is 12.6. The highest BCUT2D eigenvalue weighted by Crippen LogP contribution is 2.34. The number of rotatable bonds is 3. The number of hydrogen-bond donors (Lipinski definition) is 2. The average molecular weight is 354 g/mol. The molecule has 1 heterocycles. The number of carbonyl (C=O) groups excluding carboxylic acids is 1. The van der Waals surface area contributed by atoms with Gasteiger partial charge in [-0.25, -0.2) is 0 Å². The lowest BCUT2D eigenvalue weighted by Crippen LogP contribution is -2.58. The predicted molar refractivity (Wildman–Crippen MR) is 106 cm³/mol. The van der Waals surface area contributed by atoms with E-state index in [4.69, 9.17) is 4.99 Å². The quantitative estimate of drug-likeness (QED) is 0.795. The minimum absolute atomic E-state index is 0.00909. The van der Waals surface area contributed by atoms with Crippen LogP contribution < -0.4 is 5.32 Å². The molecule has 0 saturated carbocycles. The lowest BCUT2D eigenvalue weighted by atomic mass is 9.80. The molecule has 1 atom stereocenters. The number of aliphatic hydroxyl groups is 1. The third-order valence-electron chi connectivity index (χ3n) is 5.34. The molecule has 0 bridgehead atoms. The lowest BCUT2D eigenvalue weighted by Gasteiger charge is -2.45. The number of benzene rings is 1. The third-order valence-corrected chi connectivity index (χ3v) is 5.34. The van der Waals surface area contributed by atoms with Crippen LogP contribution in [0.15, 0.2) is 46.7 Å². The van der Waals surface area contributed by atoms with E-state index in [1.807, 2.05) is 30.3 Å². The van der Waals surface area contributed by atoms with E-state index in [9.17, 15) is 9.90 Å². The Bertz CT molecular complexity index is 716. The first-order chi connectivity index (χ1) is 12.2. The highest BCUT2D eigenvalue weighted by Gasteiger charge is 2.37. The molecule has 1 aromatic carbocycles. The van der Waals surface area contributed by atoms with Crippen molar-refractivity contribution in [3.63, 3.8) is 0 Å². The van der Waals surface area contributed by atoms with E-state index >= 15 is 0 Å². The number of ketones is 1. The number of piperidine rings is 1. The molecule has 4 nitrogen and oxygen atoms in total. The fraction of sp³-hybridized carbons (Fsp3) is 0.545. The van der Waals surface area contributed by atoms with Gasteiger partial charge in [0, 0.05) is 30.1 Å². The second kappa shape index (κ2) is 6.99. The van der Waals surface area contributed by atoms with Crippen LogP contribution in [0.5, 0.6) is 0 Å². The van der Waals surface area contributed by atoms with Crippen LogP contribution in [0.3, 0.4) is 0 Å². The van der Waals surface area contributed by atoms with Crippen molar-refractivity contribution < 1.29 is 9.90 Å². The Morgan fingerprint density at radius 3 is 2.27 bits per heavy atom. The van der Waals surface area contributed by atoms with Crippen molar-refractivity contribution in [3.8, 4) is 0 Å². The monoisotopic (exact) mass is 354 g/mol. The zero-order valence-electron chi connectivity index (χ0n) is 16.2. The number of allylic oxidation sites excluding steroid dienone is 2. The third kappa shape index (κ3) is 4.42. The van der Waals surface area contributed by atoms with Gasteiger partial charge in [0.25, 0.3) is 0 Å². The number of aliphatic imine (C=N–C) groups is 1. The van der Waals surface area contributed by atoms with Crippen LogP contribution in [-0.4, -0.2) is 34.2 Å². The Morgan fingerprint density at radius 2 is 1.69 bits per heavy atom. The van der Waals surface area contributed by atoms with Crippen molar-refractivity contribution in [2.45, 2.75) is 76.4 Å². The molecule has 0 radical (unpaired) electrons. The second-order valence-electron chi connectivity index (χ2n) is 9.03. The van der Waals surface area contributed by atoms with E-state index in [0.717, 1.165) is 18.4 Å². The Hall–Kier alpha value is -1.94. The first kappa shape index (κ1) is 18.8. The molecule has 1 fully saturated rings. The number of Topliss-reactive ketones (excluding diaryl/α,β-unsaturated/α-hetero) is 1. The van der Waals surface area contributed by atoms with E-state index in [0.29, 0.717) is 18.4 Å². The standard InChI is InChI=1S/C22H30N2O2/c1-21(2)12-17(13-22(3,4)24-21)23-14-18-19(25)10-16(11-20(18)26)15-8-6-5-7-9-15/h5-9,14,16-17,24-25H,10-13H2,1-4H3. The summed E-state index contributed by atoms with van der Waals surface area (Å²) in [5.74, 6) is 0.211. The maximum Gasteiger partial charge on any atom is 0.168 e. The van der Waals surface area contributed by atoms with E-state index < -0.39 is 0 Å². The Kier molecular flexibility index (Phi) is 5.07. The van der Waals surface area contributed by atoms with Gasteiger partial charge in [-0.15, -0.1) is 0 Å². The first-order valence-corrected chi connectivity index (χ1v) is 9.48. The van der Waals surface area contributed by atoms with Gasteiger partial charge in [0.2, 0.25) is 0 Å². The lowest BCUT2D eigenvalue weighted by molar-refractivity contribution is -0.116. The molecule has 1 unspecified atom stereocenters. The molecule has 0 spiro atoms. The maximum absolute atomic E-state index is 12.6. The zero-order valence-corrected chi connectivity index (χ0v) is 16.2. The number of hydrogen-bond acceptors (Lipinski definition) is 4. The molecule has 1 aliphatic carbocycles. The number of aliphatic hydroxyl groups excluding tert-OH is 1. The van der Waals surface area contributed by atoms with Crippen molar-refractivity contribution in [3.05, 3.63) is 47.2 Å². The Balaban J connectivity index is 1.75. The van der Waals surface area contributed by atoms with E-state index in [1.54, 1.807) is 6.21 Å². The summed E-state index contributed by atoms with van der Waals surface area (Å²) in [4.78, 5) is 17.3. The van der Waals surface area contributed by atoms with E-state index in [1.165, 1.54) is 0 Å².